The van der Waals surface area contributed by atoms with Crippen molar-refractivity contribution in [1.82, 2.24) is 20.0 Å². The van der Waals surface area contributed by atoms with E-state index in [1.807, 2.05) is 32.8 Å². The molecule has 8 nitrogen and oxygen atoms in total. The van der Waals surface area contributed by atoms with Gasteiger partial charge in [0.15, 0.2) is 5.82 Å². The number of rotatable bonds is 4. The average Bonchev–Trinajstić information content (AvgIpc) is 2.87. The Morgan fingerprint density at radius 1 is 1.33 bits per heavy atom. The quantitative estimate of drug-likeness (QED) is 0.898. The van der Waals surface area contributed by atoms with E-state index in [0.29, 0.717) is 11.5 Å². The third kappa shape index (κ3) is 3.68. The van der Waals surface area contributed by atoms with Crippen molar-refractivity contribution in [2.75, 3.05) is 29.6 Å². The zero-order chi connectivity index (χ0) is 15.4. The van der Waals surface area contributed by atoms with Crippen LogP contribution in [0.3, 0.4) is 0 Å². The second-order valence-corrected chi connectivity index (χ2v) is 5.04. The van der Waals surface area contributed by atoms with Gasteiger partial charge in [-0.1, -0.05) is 5.21 Å². The van der Waals surface area contributed by atoms with Crippen molar-refractivity contribution >= 4 is 23.2 Å². The molecule has 2 aromatic rings. The number of hydrogen-bond donors (Lipinski definition) is 2. The minimum Gasteiger partial charge on any atom is -0.375 e. The van der Waals surface area contributed by atoms with Crippen LogP contribution < -0.4 is 15.5 Å². The topological polar surface area (TPSA) is 88.0 Å². The van der Waals surface area contributed by atoms with E-state index in [4.69, 9.17) is 0 Å². The van der Waals surface area contributed by atoms with Gasteiger partial charge in [-0.25, -0.2) is 9.48 Å². The fourth-order valence-electron chi connectivity index (χ4n) is 1.70. The number of aromatic nitrogens is 4. The normalized spacial score (nSPS) is 10.5. The molecule has 0 atom stereocenters. The highest BCUT2D eigenvalue weighted by molar-refractivity contribution is 6.01. The lowest BCUT2D eigenvalue weighted by Gasteiger charge is -2.16. The molecule has 0 saturated heterocycles. The maximum Gasteiger partial charge on any atom is 0.325 e. The van der Waals surface area contributed by atoms with Crippen LogP contribution in [0.15, 0.2) is 24.7 Å². The van der Waals surface area contributed by atoms with Crippen LogP contribution in [0.5, 0.6) is 0 Å². The van der Waals surface area contributed by atoms with Crippen LogP contribution in [0.2, 0.25) is 0 Å². The van der Waals surface area contributed by atoms with Gasteiger partial charge in [-0.15, -0.1) is 5.10 Å². The number of anilines is 3. The summed E-state index contributed by atoms with van der Waals surface area (Å²) < 4.78 is 1.67. The molecule has 0 unspecified atom stereocenters. The first-order valence-corrected chi connectivity index (χ1v) is 6.58. The molecule has 0 fully saturated rings. The van der Waals surface area contributed by atoms with Gasteiger partial charge in [-0.05, 0) is 19.9 Å². The number of nitrogens with one attached hydrogen (secondary N) is 2. The summed E-state index contributed by atoms with van der Waals surface area (Å²) in [7, 11) is 3.77. The van der Waals surface area contributed by atoms with E-state index in [2.05, 4.69) is 25.9 Å². The summed E-state index contributed by atoms with van der Waals surface area (Å²) in [4.78, 5) is 17.9. The molecule has 2 rings (SSSR count). The maximum absolute atomic E-state index is 12.0. The Morgan fingerprint density at radius 2 is 2.10 bits per heavy atom. The van der Waals surface area contributed by atoms with Crippen molar-refractivity contribution in [1.29, 1.82) is 0 Å². The molecule has 0 aliphatic heterocycles. The van der Waals surface area contributed by atoms with Crippen molar-refractivity contribution in [3.63, 3.8) is 0 Å². The summed E-state index contributed by atoms with van der Waals surface area (Å²) >= 11 is 0. The van der Waals surface area contributed by atoms with Crippen LogP contribution in [0, 0.1) is 0 Å². The third-order valence-corrected chi connectivity index (χ3v) is 2.81. The number of carbonyl (C=O) groups is 1. The monoisotopic (exact) mass is 289 g/mol. The first-order valence-electron chi connectivity index (χ1n) is 6.58. The van der Waals surface area contributed by atoms with Gasteiger partial charge in [-0.3, -0.25) is 10.3 Å². The summed E-state index contributed by atoms with van der Waals surface area (Å²) in [6.45, 7) is 3.97. The second-order valence-electron chi connectivity index (χ2n) is 5.04. The summed E-state index contributed by atoms with van der Waals surface area (Å²) in [6.07, 6.45) is 4.99. The highest BCUT2D eigenvalue weighted by Crippen LogP contribution is 2.22. The number of amides is 2. The molecule has 2 N–H and O–H groups in total. The first-order chi connectivity index (χ1) is 9.97. The lowest BCUT2D eigenvalue weighted by Crippen LogP contribution is -2.22. The molecule has 0 bridgehead atoms. The van der Waals surface area contributed by atoms with E-state index in [9.17, 15) is 4.79 Å². The summed E-state index contributed by atoms with van der Waals surface area (Å²) in [5.41, 5.74) is 1.49. The van der Waals surface area contributed by atoms with Crippen molar-refractivity contribution in [2.24, 2.45) is 0 Å². The third-order valence-electron chi connectivity index (χ3n) is 2.81. The lowest BCUT2D eigenvalue weighted by atomic mass is 10.3. The van der Waals surface area contributed by atoms with E-state index >= 15 is 0 Å². The van der Waals surface area contributed by atoms with Gasteiger partial charge < -0.3 is 10.2 Å². The van der Waals surface area contributed by atoms with Crippen molar-refractivity contribution in [3.8, 4) is 0 Å². The molecular weight excluding hydrogens is 270 g/mol. The maximum atomic E-state index is 12.0. The molecular formula is C13H19N7O. The molecule has 0 radical (unpaired) electrons. The fourth-order valence-corrected chi connectivity index (χ4v) is 1.70. The molecule has 8 heteroatoms. The molecule has 2 heterocycles. The first kappa shape index (κ1) is 14.8. The van der Waals surface area contributed by atoms with Crippen LogP contribution in [0.25, 0.3) is 0 Å². The van der Waals surface area contributed by atoms with Crippen LogP contribution in [-0.2, 0) is 0 Å². The molecule has 0 spiro atoms. The van der Waals surface area contributed by atoms with E-state index in [1.54, 1.807) is 29.3 Å². The number of nitrogens with zero attached hydrogens (tertiary/aromatic N) is 5. The highest BCUT2D eigenvalue weighted by atomic mass is 16.2. The van der Waals surface area contributed by atoms with Gasteiger partial charge in [-0.2, -0.15) is 0 Å². The number of hydrogen-bond acceptors (Lipinski definition) is 5. The molecule has 0 aliphatic rings. The molecule has 112 valence electrons. The molecule has 0 aliphatic carbocycles. The van der Waals surface area contributed by atoms with Crippen molar-refractivity contribution in [2.45, 2.75) is 19.9 Å². The number of pyridine rings is 1. The van der Waals surface area contributed by atoms with Crippen LogP contribution >= 0.6 is 0 Å². The standard InChI is InChI=1S/C13H19N7O/c1-9(2)20-8-12(17-18-20)16-13(21)15-10-5-6-14-7-11(10)19(3)4/h5-9H,1-4H3,(H2,14,15,16,21). The van der Waals surface area contributed by atoms with E-state index in [-0.39, 0.29) is 12.1 Å². The highest BCUT2D eigenvalue weighted by Gasteiger charge is 2.10. The van der Waals surface area contributed by atoms with Gasteiger partial charge in [0.1, 0.15) is 0 Å². The Labute approximate surface area is 123 Å². The van der Waals surface area contributed by atoms with Gasteiger partial charge in [0.05, 0.1) is 23.8 Å². The summed E-state index contributed by atoms with van der Waals surface area (Å²) in [5, 5.41) is 13.2. The second kappa shape index (κ2) is 6.21. The van der Waals surface area contributed by atoms with Crippen molar-refractivity contribution < 1.29 is 4.79 Å². The predicted octanol–water partition coefficient (Wildman–Crippen LogP) is 1.96. The average molecular weight is 289 g/mol. The smallest absolute Gasteiger partial charge is 0.325 e. The lowest BCUT2D eigenvalue weighted by molar-refractivity contribution is 0.262. The largest absolute Gasteiger partial charge is 0.375 e. The van der Waals surface area contributed by atoms with E-state index < -0.39 is 0 Å². The van der Waals surface area contributed by atoms with Crippen LogP contribution in [-0.4, -0.2) is 40.1 Å². The Bertz CT molecular complexity index is 620. The van der Waals surface area contributed by atoms with Gasteiger partial charge in [0.2, 0.25) is 0 Å². The Morgan fingerprint density at radius 3 is 2.71 bits per heavy atom. The van der Waals surface area contributed by atoms with Crippen molar-refractivity contribution in [3.05, 3.63) is 24.7 Å². The van der Waals surface area contributed by atoms with Crippen LogP contribution in [0.1, 0.15) is 19.9 Å². The molecule has 2 amide bonds. The molecule has 2 aromatic heterocycles. The number of urea groups is 1. The summed E-state index contributed by atoms with van der Waals surface area (Å²) in [6, 6.07) is 1.55. The zero-order valence-electron chi connectivity index (χ0n) is 12.5. The summed E-state index contributed by atoms with van der Waals surface area (Å²) in [5.74, 6) is 0.404. The van der Waals surface area contributed by atoms with E-state index in [1.165, 1.54) is 0 Å². The SMILES string of the molecule is CC(C)n1cc(NC(=O)Nc2ccncc2N(C)C)nn1. The molecule has 0 saturated carbocycles. The van der Waals surface area contributed by atoms with Gasteiger partial charge >= 0.3 is 6.03 Å². The molecule has 0 aromatic carbocycles. The predicted molar refractivity (Wildman–Crippen MR) is 81.6 cm³/mol. The zero-order valence-corrected chi connectivity index (χ0v) is 12.5. The van der Waals surface area contributed by atoms with E-state index in [0.717, 1.165) is 5.69 Å². The van der Waals surface area contributed by atoms with Gasteiger partial charge in [0.25, 0.3) is 0 Å². The Balaban J connectivity index is 2.05. The minimum absolute atomic E-state index is 0.191. The Kier molecular flexibility index (Phi) is 4.36. The number of carbonyl (C=O) groups excluding carboxylic acids is 1. The fraction of sp³-hybridized carbons (Fsp3) is 0.385. The minimum atomic E-state index is -0.375. The Hall–Kier alpha value is -2.64. The van der Waals surface area contributed by atoms with Crippen LogP contribution in [0.4, 0.5) is 22.0 Å². The van der Waals surface area contributed by atoms with Gasteiger partial charge in [0, 0.05) is 26.3 Å². The molecule has 21 heavy (non-hydrogen) atoms.